The first-order chi connectivity index (χ1) is 16.9. The number of phenols is 1. The second kappa shape index (κ2) is 8.71. The van der Waals surface area contributed by atoms with E-state index in [9.17, 15) is 5.11 Å². The summed E-state index contributed by atoms with van der Waals surface area (Å²) in [5.41, 5.74) is 6.98. The summed E-state index contributed by atoms with van der Waals surface area (Å²) in [7, 11) is 0. The molecule has 5 aromatic rings. The number of rotatable bonds is 4. The number of para-hydroxylation sites is 2. The van der Waals surface area contributed by atoms with E-state index in [0.29, 0.717) is 5.02 Å². The number of halogens is 1. The molecule has 0 saturated carbocycles. The van der Waals surface area contributed by atoms with Gasteiger partial charge in [0.05, 0.1) is 16.7 Å². The van der Waals surface area contributed by atoms with Crippen molar-refractivity contribution in [2.24, 2.45) is 5.41 Å². The molecule has 0 spiro atoms. The van der Waals surface area contributed by atoms with Crippen LogP contribution in [0.2, 0.25) is 5.02 Å². The van der Waals surface area contributed by atoms with E-state index in [1.807, 2.05) is 19.1 Å². The maximum atomic E-state index is 11.9. The average molecular weight is 496 g/mol. The quantitative estimate of drug-likeness (QED) is 0.263. The molecular formula is C33H34ClNO. The number of aryl methyl sites for hydroxylation is 1. The summed E-state index contributed by atoms with van der Waals surface area (Å²) in [4.78, 5) is 0. The first kappa shape index (κ1) is 24.5. The van der Waals surface area contributed by atoms with E-state index in [4.69, 9.17) is 11.6 Å². The van der Waals surface area contributed by atoms with Gasteiger partial charge in [-0.05, 0) is 77.3 Å². The zero-order valence-corrected chi connectivity index (χ0v) is 22.7. The lowest BCUT2D eigenvalue weighted by atomic mass is 9.71. The Bertz CT molecular complexity index is 1530. The van der Waals surface area contributed by atoms with Crippen molar-refractivity contribution in [3.05, 3.63) is 95.0 Å². The summed E-state index contributed by atoms with van der Waals surface area (Å²) in [6.07, 6.45) is 1.01. The number of benzene rings is 4. The fraction of sp³-hybridized carbons (Fsp3) is 0.273. The van der Waals surface area contributed by atoms with Crippen LogP contribution in [-0.2, 0) is 5.41 Å². The van der Waals surface area contributed by atoms with Crippen molar-refractivity contribution in [1.82, 2.24) is 4.57 Å². The van der Waals surface area contributed by atoms with Crippen LogP contribution in [0.5, 0.6) is 5.75 Å². The van der Waals surface area contributed by atoms with Gasteiger partial charge in [0.25, 0.3) is 0 Å². The predicted molar refractivity (Wildman–Crippen MR) is 155 cm³/mol. The molecule has 0 saturated heterocycles. The summed E-state index contributed by atoms with van der Waals surface area (Å²) in [5, 5.41) is 14.9. The molecule has 0 fully saturated rings. The van der Waals surface area contributed by atoms with Crippen molar-refractivity contribution in [2.75, 3.05) is 0 Å². The van der Waals surface area contributed by atoms with Gasteiger partial charge in [0, 0.05) is 21.4 Å². The smallest absolute Gasteiger partial charge is 0.147 e. The van der Waals surface area contributed by atoms with Gasteiger partial charge >= 0.3 is 0 Å². The maximum absolute atomic E-state index is 11.9. The molecule has 4 aromatic carbocycles. The third kappa shape index (κ3) is 4.40. The van der Waals surface area contributed by atoms with Gasteiger partial charge < -0.3 is 9.67 Å². The number of aromatic nitrogens is 1. The Morgan fingerprint density at radius 2 is 1.36 bits per heavy atom. The molecule has 0 aliphatic rings. The molecule has 0 atom stereocenters. The van der Waals surface area contributed by atoms with Crippen LogP contribution in [0.1, 0.15) is 52.2 Å². The second-order valence-electron chi connectivity index (χ2n) is 11.9. The highest BCUT2D eigenvalue weighted by Gasteiger charge is 2.30. The van der Waals surface area contributed by atoms with Gasteiger partial charge in [0.1, 0.15) is 5.75 Å². The Labute approximate surface area is 219 Å². The largest absolute Gasteiger partial charge is 0.505 e. The molecule has 1 aromatic heterocycles. The third-order valence-electron chi connectivity index (χ3n) is 7.02. The van der Waals surface area contributed by atoms with Crippen LogP contribution in [0.4, 0.5) is 0 Å². The van der Waals surface area contributed by atoms with Crippen molar-refractivity contribution >= 4 is 33.4 Å². The molecule has 0 amide bonds. The van der Waals surface area contributed by atoms with Gasteiger partial charge in [0.15, 0.2) is 0 Å². The first-order valence-electron chi connectivity index (χ1n) is 12.6. The van der Waals surface area contributed by atoms with Gasteiger partial charge in [-0.2, -0.15) is 0 Å². The van der Waals surface area contributed by atoms with E-state index in [1.165, 1.54) is 16.3 Å². The second-order valence-corrected chi connectivity index (χ2v) is 12.3. The van der Waals surface area contributed by atoms with Crippen LogP contribution in [0.3, 0.4) is 0 Å². The van der Waals surface area contributed by atoms with Crippen LogP contribution in [0, 0.1) is 12.3 Å². The molecule has 1 N–H and O–H groups in total. The molecule has 1 heterocycles. The Morgan fingerprint density at radius 3 is 1.92 bits per heavy atom. The summed E-state index contributed by atoms with van der Waals surface area (Å²) in [6, 6.07) is 27.1. The lowest BCUT2D eigenvalue weighted by Gasteiger charge is -2.34. The average Bonchev–Trinajstić information content (AvgIpc) is 3.11. The lowest BCUT2D eigenvalue weighted by molar-refractivity contribution is 0.284. The van der Waals surface area contributed by atoms with Gasteiger partial charge in [0.2, 0.25) is 0 Å². The van der Waals surface area contributed by atoms with Crippen LogP contribution >= 0.6 is 11.6 Å². The Morgan fingerprint density at radius 1 is 0.778 bits per heavy atom. The van der Waals surface area contributed by atoms with Crippen molar-refractivity contribution in [3.8, 4) is 22.6 Å². The highest BCUT2D eigenvalue weighted by Crippen LogP contribution is 2.45. The third-order valence-corrected chi connectivity index (χ3v) is 7.24. The molecule has 3 heteroatoms. The van der Waals surface area contributed by atoms with Crippen LogP contribution < -0.4 is 0 Å². The van der Waals surface area contributed by atoms with Crippen LogP contribution in [0.25, 0.3) is 38.6 Å². The number of aromatic hydroxyl groups is 1. The first-order valence-corrected chi connectivity index (χ1v) is 13.0. The van der Waals surface area contributed by atoms with E-state index in [1.54, 1.807) is 0 Å². The lowest BCUT2D eigenvalue weighted by Crippen LogP contribution is -2.25. The Hall–Kier alpha value is -3.23. The fourth-order valence-corrected chi connectivity index (χ4v) is 6.19. The van der Waals surface area contributed by atoms with E-state index in [0.717, 1.165) is 39.8 Å². The topological polar surface area (TPSA) is 25.2 Å². The van der Waals surface area contributed by atoms with E-state index >= 15 is 0 Å². The monoisotopic (exact) mass is 495 g/mol. The standard InChI is InChI=1S/C33H34ClNO/c1-21-15-22(17-24(34)16-21)27-18-23(33(5,6)20-32(2,3)4)19-30(31(27)36)35-28-13-9-7-11-25(28)26-12-8-10-14-29(26)35/h7-19,36H,20H2,1-6H3. The highest BCUT2D eigenvalue weighted by molar-refractivity contribution is 6.31. The van der Waals surface area contributed by atoms with Crippen LogP contribution in [-0.4, -0.2) is 9.67 Å². The summed E-state index contributed by atoms with van der Waals surface area (Å²) >= 11 is 6.48. The maximum Gasteiger partial charge on any atom is 0.147 e. The Kier molecular flexibility index (Phi) is 5.92. The summed E-state index contributed by atoms with van der Waals surface area (Å²) < 4.78 is 2.21. The minimum atomic E-state index is -0.109. The molecule has 0 aliphatic carbocycles. The fourth-order valence-electron chi connectivity index (χ4n) is 5.90. The van der Waals surface area contributed by atoms with E-state index < -0.39 is 0 Å². The number of nitrogens with zero attached hydrogens (tertiary/aromatic N) is 1. The van der Waals surface area contributed by atoms with Gasteiger partial charge in [-0.15, -0.1) is 0 Å². The number of fused-ring (bicyclic) bond motifs is 3. The number of hydrogen-bond donors (Lipinski definition) is 1. The normalized spacial score (nSPS) is 12.5. The highest BCUT2D eigenvalue weighted by atomic mass is 35.5. The molecule has 0 aliphatic heterocycles. The molecule has 5 rings (SSSR count). The molecule has 184 valence electrons. The Balaban J connectivity index is 1.88. The molecule has 0 radical (unpaired) electrons. The number of hydrogen-bond acceptors (Lipinski definition) is 1. The molecule has 2 nitrogen and oxygen atoms in total. The summed E-state index contributed by atoms with van der Waals surface area (Å²) in [5.74, 6) is 0.262. The van der Waals surface area contributed by atoms with Crippen molar-refractivity contribution in [3.63, 3.8) is 0 Å². The zero-order chi connectivity index (χ0) is 25.8. The van der Waals surface area contributed by atoms with Gasteiger partial charge in [-0.3, -0.25) is 0 Å². The van der Waals surface area contributed by atoms with Crippen LogP contribution in [0.15, 0.2) is 78.9 Å². The minimum Gasteiger partial charge on any atom is -0.505 e. The molecular weight excluding hydrogens is 462 g/mol. The van der Waals surface area contributed by atoms with Crippen molar-refractivity contribution in [1.29, 1.82) is 0 Å². The summed E-state index contributed by atoms with van der Waals surface area (Å²) in [6.45, 7) is 13.5. The molecule has 0 unspecified atom stereocenters. The van der Waals surface area contributed by atoms with Gasteiger partial charge in [-0.25, -0.2) is 0 Å². The number of phenolic OH excluding ortho intramolecular Hbond substituents is 1. The van der Waals surface area contributed by atoms with E-state index in [2.05, 4.69) is 106 Å². The predicted octanol–water partition coefficient (Wildman–Crippen LogP) is 9.83. The van der Waals surface area contributed by atoms with Crippen molar-refractivity contribution in [2.45, 2.75) is 53.4 Å². The molecule has 0 bridgehead atoms. The van der Waals surface area contributed by atoms with E-state index in [-0.39, 0.29) is 16.6 Å². The molecule has 36 heavy (non-hydrogen) atoms. The minimum absolute atomic E-state index is 0.109. The van der Waals surface area contributed by atoms with Crippen molar-refractivity contribution < 1.29 is 5.11 Å². The van der Waals surface area contributed by atoms with Gasteiger partial charge in [-0.1, -0.05) is 88.7 Å². The SMILES string of the molecule is Cc1cc(Cl)cc(-c2cc(C(C)(C)CC(C)(C)C)cc(-n3c4ccccc4c4ccccc43)c2O)c1. The zero-order valence-electron chi connectivity index (χ0n) is 22.0.